The number of carbonyl (C=O) groups is 2. The molecule has 0 aromatic heterocycles. The van der Waals surface area contributed by atoms with Crippen molar-refractivity contribution in [3.63, 3.8) is 0 Å². The molecule has 0 aromatic rings. The van der Waals surface area contributed by atoms with E-state index >= 15 is 0 Å². The van der Waals surface area contributed by atoms with Crippen molar-refractivity contribution in [1.82, 2.24) is 0 Å². The van der Waals surface area contributed by atoms with Crippen molar-refractivity contribution in [2.75, 3.05) is 0 Å². The molecule has 0 N–H and O–H groups in total. The molecule has 0 radical (unpaired) electrons. The van der Waals surface area contributed by atoms with Gasteiger partial charge in [0, 0.05) is 26.7 Å². The summed E-state index contributed by atoms with van der Waals surface area (Å²) in [5, 5.41) is 0. The van der Waals surface area contributed by atoms with Gasteiger partial charge in [0.25, 0.3) is 0 Å². The van der Waals surface area contributed by atoms with Crippen LogP contribution in [0, 0.1) is 0 Å². The molecular weight excluding hydrogens is 344 g/mol. The Kier molecular flexibility index (Phi) is 6.02. The van der Waals surface area contributed by atoms with Crippen LogP contribution in [0.1, 0.15) is 80.1 Å². The highest BCUT2D eigenvalue weighted by Crippen LogP contribution is 2.33. The Balaban J connectivity index is 1.76. The van der Waals surface area contributed by atoms with Gasteiger partial charge in [0.2, 0.25) is 11.6 Å². The van der Waals surface area contributed by atoms with Crippen LogP contribution in [0.4, 0.5) is 0 Å². The van der Waals surface area contributed by atoms with Crippen LogP contribution >= 0.6 is 0 Å². The van der Waals surface area contributed by atoms with E-state index in [2.05, 4.69) is 0 Å². The molecule has 0 amide bonds. The smallest absolute Gasteiger partial charge is 0.308 e. The maximum atomic E-state index is 11.2. The van der Waals surface area contributed by atoms with Crippen molar-refractivity contribution in [3.05, 3.63) is 0 Å². The van der Waals surface area contributed by atoms with Crippen LogP contribution in [0.2, 0.25) is 0 Å². The first-order valence-electron chi connectivity index (χ1n) is 9.00. The van der Waals surface area contributed by atoms with Crippen molar-refractivity contribution in [2.45, 2.75) is 103 Å². The van der Waals surface area contributed by atoms with E-state index < -0.39 is 22.8 Å². The monoisotopic (exact) mass is 374 g/mol. The zero-order chi connectivity index (χ0) is 19.6. The van der Waals surface area contributed by atoms with E-state index in [9.17, 15) is 9.59 Å². The largest absolute Gasteiger partial charge is 0.431 e. The van der Waals surface area contributed by atoms with Crippen molar-refractivity contribution in [3.8, 4) is 0 Å². The van der Waals surface area contributed by atoms with Gasteiger partial charge in [-0.15, -0.1) is 0 Å². The highest BCUT2D eigenvalue weighted by atomic mass is 17.2. The van der Waals surface area contributed by atoms with Gasteiger partial charge in [-0.25, -0.2) is 9.78 Å². The molecule has 2 atom stereocenters. The maximum absolute atomic E-state index is 11.2. The molecule has 2 rings (SSSR count). The summed E-state index contributed by atoms with van der Waals surface area (Å²) in [6.45, 7) is 10.9. The fourth-order valence-corrected chi connectivity index (χ4v) is 2.55. The topological polar surface area (TPSA) is 89.5 Å². The fraction of sp³-hybridized carbons (Fsp3) is 0.889. The van der Waals surface area contributed by atoms with Gasteiger partial charge in [-0.2, -0.15) is 9.78 Å². The van der Waals surface area contributed by atoms with Crippen molar-refractivity contribution in [1.29, 1.82) is 0 Å². The maximum Gasteiger partial charge on any atom is 0.308 e. The van der Waals surface area contributed by atoms with Crippen LogP contribution in [-0.2, 0) is 38.6 Å². The predicted molar refractivity (Wildman–Crippen MR) is 89.2 cm³/mol. The average molecular weight is 374 g/mol. The van der Waals surface area contributed by atoms with Gasteiger partial charge in [0.1, 0.15) is 0 Å². The Labute approximate surface area is 154 Å². The number of esters is 2. The lowest BCUT2D eigenvalue weighted by Gasteiger charge is -2.33. The van der Waals surface area contributed by atoms with E-state index in [0.717, 1.165) is 0 Å². The summed E-state index contributed by atoms with van der Waals surface area (Å²) in [5.41, 5.74) is -1.25. The standard InChI is InChI=1S/C18H30O8/c1-15(2,23-25-17(5)9-7-13(19)21-17)11-12-16(3,4)24-26-18(6)10-8-14(20)22-18/h7-12H2,1-6H3. The van der Waals surface area contributed by atoms with Crippen LogP contribution in [0.15, 0.2) is 0 Å². The lowest BCUT2D eigenvalue weighted by molar-refractivity contribution is -0.453. The molecule has 2 aliphatic rings. The first-order valence-corrected chi connectivity index (χ1v) is 9.00. The van der Waals surface area contributed by atoms with E-state index in [4.69, 9.17) is 29.0 Å². The summed E-state index contributed by atoms with van der Waals surface area (Å²) in [5.74, 6) is -2.65. The molecular formula is C18H30O8. The minimum absolute atomic E-state index is 0.290. The fourth-order valence-electron chi connectivity index (χ4n) is 2.55. The highest BCUT2D eigenvalue weighted by molar-refractivity contribution is 5.72. The summed E-state index contributed by atoms with van der Waals surface area (Å²) in [6.07, 6.45) is 2.76. The molecule has 26 heavy (non-hydrogen) atoms. The Morgan fingerprint density at radius 3 is 1.42 bits per heavy atom. The number of cyclic esters (lactones) is 2. The summed E-state index contributed by atoms with van der Waals surface area (Å²) in [7, 11) is 0. The predicted octanol–water partition coefficient (Wildman–Crippen LogP) is 3.33. The Morgan fingerprint density at radius 1 is 0.808 bits per heavy atom. The number of rotatable bonds is 9. The molecule has 2 unspecified atom stereocenters. The molecule has 2 aliphatic heterocycles. The number of hydrogen-bond acceptors (Lipinski definition) is 8. The lowest BCUT2D eigenvalue weighted by Crippen LogP contribution is -2.38. The van der Waals surface area contributed by atoms with Gasteiger partial charge in [-0.05, 0) is 40.5 Å². The Bertz CT molecular complexity index is 495. The number of ether oxygens (including phenoxy) is 2. The molecule has 8 nitrogen and oxygen atoms in total. The summed E-state index contributed by atoms with van der Waals surface area (Å²) < 4.78 is 10.3. The van der Waals surface area contributed by atoms with E-state index in [1.54, 1.807) is 13.8 Å². The molecule has 0 saturated carbocycles. The third-order valence-electron chi connectivity index (χ3n) is 4.44. The minimum Gasteiger partial charge on any atom is -0.431 e. The Morgan fingerprint density at radius 2 is 1.15 bits per heavy atom. The second-order valence-corrected chi connectivity index (χ2v) is 8.57. The molecule has 8 heteroatoms. The molecule has 2 heterocycles. The van der Waals surface area contributed by atoms with Crippen molar-refractivity contribution >= 4 is 11.9 Å². The Hall–Kier alpha value is -1.22. The van der Waals surface area contributed by atoms with Crippen LogP contribution < -0.4 is 0 Å². The second kappa shape index (κ2) is 7.42. The first kappa shape index (κ1) is 21.1. The molecule has 0 bridgehead atoms. The van der Waals surface area contributed by atoms with Crippen LogP contribution in [0.5, 0.6) is 0 Å². The van der Waals surface area contributed by atoms with Crippen LogP contribution in [-0.4, -0.2) is 34.7 Å². The third-order valence-corrected chi connectivity index (χ3v) is 4.44. The molecule has 2 saturated heterocycles. The molecule has 0 spiro atoms. The number of carbonyl (C=O) groups excluding carboxylic acids is 2. The quantitative estimate of drug-likeness (QED) is 0.345. The minimum atomic E-state index is -1.04. The second-order valence-electron chi connectivity index (χ2n) is 8.57. The van der Waals surface area contributed by atoms with Gasteiger partial charge in [-0.1, -0.05) is 0 Å². The van der Waals surface area contributed by atoms with Gasteiger partial charge in [0.15, 0.2) is 0 Å². The van der Waals surface area contributed by atoms with E-state index in [-0.39, 0.29) is 11.9 Å². The van der Waals surface area contributed by atoms with Crippen molar-refractivity contribution in [2.24, 2.45) is 0 Å². The van der Waals surface area contributed by atoms with Gasteiger partial charge >= 0.3 is 11.9 Å². The first-order chi connectivity index (χ1) is 11.8. The third kappa shape index (κ3) is 6.19. The molecule has 0 aromatic carbocycles. The average Bonchev–Trinajstić information content (AvgIpc) is 3.05. The van der Waals surface area contributed by atoms with Crippen LogP contribution in [0.25, 0.3) is 0 Å². The van der Waals surface area contributed by atoms with Gasteiger partial charge in [0.05, 0.1) is 24.0 Å². The lowest BCUT2D eigenvalue weighted by atomic mass is 9.94. The summed E-state index contributed by atoms with van der Waals surface area (Å²) >= 11 is 0. The summed E-state index contributed by atoms with van der Waals surface area (Å²) in [6, 6.07) is 0. The zero-order valence-electron chi connectivity index (χ0n) is 16.5. The zero-order valence-corrected chi connectivity index (χ0v) is 16.5. The van der Waals surface area contributed by atoms with Gasteiger partial charge < -0.3 is 9.47 Å². The molecule has 0 aliphatic carbocycles. The van der Waals surface area contributed by atoms with Gasteiger partial charge in [-0.3, -0.25) is 9.59 Å². The van der Waals surface area contributed by atoms with E-state index in [0.29, 0.717) is 38.5 Å². The summed E-state index contributed by atoms with van der Waals surface area (Å²) in [4.78, 5) is 44.3. The van der Waals surface area contributed by atoms with Crippen LogP contribution in [0.3, 0.4) is 0 Å². The number of hydrogen-bond donors (Lipinski definition) is 0. The molecule has 150 valence electrons. The van der Waals surface area contributed by atoms with E-state index in [1.807, 2.05) is 27.7 Å². The highest BCUT2D eigenvalue weighted by Gasteiger charge is 2.41. The SMILES string of the molecule is CC(C)(CCC(C)(C)OOC1(C)CCC(=O)O1)OOC1(C)CCC(=O)O1. The normalized spacial score (nSPS) is 29.8. The van der Waals surface area contributed by atoms with E-state index in [1.165, 1.54) is 0 Å². The molecule has 2 fully saturated rings. The van der Waals surface area contributed by atoms with Crippen molar-refractivity contribution < 1.29 is 38.6 Å².